The zero-order chi connectivity index (χ0) is 27.2. The number of hydrogen-bond donors (Lipinski definition) is 1. The minimum absolute atomic E-state index is 0.136. The molecule has 2 aromatic heterocycles. The van der Waals surface area contributed by atoms with Gasteiger partial charge in [-0.3, -0.25) is 19.1 Å². The number of methoxy groups -OCH3 is 1. The molecule has 1 N–H and O–H groups in total. The molecule has 4 aromatic rings. The van der Waals surface area contributed by atoms with Crippen LogP contribution in [0.1, 0.15) is 6.42 Å². The average molecular weight is 569 g/mol. The molecule has 0 saturated carbocycles. The molecule has 1 amide bonds. The summed E-state index contributed by atoms with van der Waals surface area (Å²) in [7, 11) is 1.51. The first kappa shape index (κ1) is 27.1. The number of nitrogens with one attached hydrogen (secondary N) is 1. The van der Waals surface area contributed by atoms with E-state index in [9.17, 15) is 9.59 Å². The number of morpholine rings is 1. The molecule has 11 heteroatoms. The number of amides is 1. The number of carbonyl (C=O) groups is 1. The average Bonchev–Trinajstić information content (AvgIpc) is 3.41. The van der Waals surface area contributed by atoms with Crippen LogP contribution in [0.2, 0.25) is 5.02 Å². The summed E-state index contributed by atoms with van der Waals surface area (Å²) in [6.45, 7) is 4.76. The summed E-state index contributed by atoms with van der Waals surface area (Å²) >= 11 is 7.39. The summed E-state index contributed by atoms with van der Waals surface area (Å²) in [5, 5.41) is 3.54. The van der Waals surface area contributed by atoms with E-state index in [4.69, 9.17) is 25.8 Å². The van der Waals surface area contributed by atoms with Gasteiger partial charge in [-0.2, -0.15) is 0 Å². The van der Waals surface area contributed by atoms with Crippen LogP contribution in [0.15, 0.2) is 59.7 Å². The molecule has 0 bridgehead atoms. The van der Waals surface area contributed by atoms with E-state index in [1.165, 1.54) is 29.3 Å². The van der Waals surface area contributed by atoms with Gasteiger partial charge >= 0.3 is 0 Å². The molecule has 0 spiro atoms. The van der Waals surface area contributed by atoms with Gasteiger partial charge in [0.2, 0.25) is 0 Å². The molecule has 5 rings (SSSR count). The van der Waals surface area contributed by atoms with Crippen LogP contribution in [0.4, 0.5) is 0 Å². The Kier molecular flexibility index (Phi) is 8.77. The quantitative estimate of drug-likeness (QED) is 0.289. The smallest absolute Gasteiger partial charge is 0.275 e. The lowest BCUT2D eigenvalue weighted by molar-refractivity contribution is -0.123. The Morgan fingerprint density at radius 1 is 1.13 bits per heavy atom. The van der Waals surface area contributed by atoms with Crippen LogP contribution in [0, 0.1) is 0 Å². The van der Waals surface area contributed by atoms with Gasteiger partial charge in [0, 0.05) is 35.6 Å². The number of nitrogens with zero attached hydrogens (tertiary/aromatic N) is 3. The lowest BCUT2D eigenvalue weighted by Crippen LogP contribution is -2.38. The summed E-state index contributed by atoms with van der Waals surface area (Å²) in [6, 6.07) is 14.5. The van der Waals surface area contributed by atoms with Crippen LogP contribution in [0.5, 0.6) is 11.5 Å². The SMILES string of the molecule is COc1cc(-n2cnc3cc(-c4ccc(Cl)cc4)sc3c2=O)ccc1OCC(=O)NCCCN1CCOCC1. The van der Waals surface area contributed by atoms with Gasteiger partial charge in [0.15, 0.2) is 18.1 Å². The summed E-state index contributed by atoms with van der Waals surface area (Å²) in [6.07, 6.45) is 2.37. The fourth-order valence-corrected chi connectivity index (χ4v) is 5.50. The molecule has 0 radical (unpaired) electrons. The highest BCUT2D eigenvalue weighted by molar-refractivity contribution is 7.22. The summed E-state index contributed by atoms with van der Waals surface area (Å²) < 4.78 is 18.6. The van der Waals surface area contributed by atoms with Gasteiger partial charge in [0.1, 0.15) is 11.0 Å². The summed E-state index contributed by atoms with van der Waals surface area (Å²) in [5.41, 5.74) is 2.00. The van der Waals surface area contributed by atoms with E-state index in [1.54, 1.807) is 18.2 Å². The first-order valence-electron chi connectivity index (χ1n) is 12.7. The molecule has 39 heavy (non-hydrogen) atoms. The van der Waals surface area contributed by atoms with E-state index in [2.05, 4.69) is 15.2 Å². The number of aromatic nitrogens is 2. The largest absolute Gasteiger partial charge is 0.493 e. The molecular formula is C28H29ClN4O5S. The third-order valence-corrected chi connectivity index (χ3v) is 7.84. The lowest BCUT2D eigenvalue weighted by Gasteiger charge is -2.26. The molecule has 1 saturated heterocycles. The maximum absolute atomic E-state index is 13.3. The molecule has 1 aliphatic rings. The molecule has 9 nitrogen and oxygen atoms in total. The van der Waals surface area contributed by atoms with Crippen molar-refractivity contribution in [3.05, 3.63) is 70.2 Å². The fraction of sp³-hybridized carbons (Fsp3) is 0.321. The molecule has 0 atom stereocenters. The van der Waals surface area contributed by atoms with Crippen molar-refractivity contribution in [3.63, 3.8) is 0 Å². The number of rotatable bonds is 10. The van der Waals surface area contributed by atoms with Gasteiger partial charge in [-0.15, -0.1) is 11.3 Å². The normalized spacial score (nSPS) is 13.9. The van der Waals surface area contributed by atoms with Crippen LogP contribution in [-0.2, 0) is 9.53 Å². The Bertz CT molecular complexity index is 1500. The Labute approximate surface area is 234 Å². The van der Waals surface area contributed by atoms with Crippen molar-refractivity contribution in [2.75, 3.05) is 53.1 Å². The Morgan fingerprint density at radius 2 is 1.92 bits per heavy atom. The second kappa shape index (κ2) is 12.6. The maximum Gasteiger partial charge on any atom is 0.275 e. The number of benzene rings is 2. The molecule has 0 unspecified atom stereocenters. The van der Waals surface area contributed by atoms with Gasteiger partial charge in [-0.05, 0) is 48.9 Å². The second-order valence-corrected chi connectivity index (χ2v) is 10.5. The predicted molar refractivity (Wildman–Crippen MR) is 153 cm³/mol. The van der Waals surface area contributed by atoms with Gasteiger partial charge in [0.25, 0.3) is 11.5 Å². The highest BCUT2D eigenvalue weighted by Gasteiger charge is 2.15. The standard InChI is InChI=1S/C28H29ClN4O5S/c1-36-24-15-21(7-8-23(24)38-17-26(34)30-9-2-10-32-11-13-37-14-12-32)33-18-31-22-16-25(39-27(22)28(33)35)19-3-5-20(29)6-4-19/h3-8,15-16,18H,2,9-14,17H2,1H3,(H,30,34). The monoisotopic (exact) mass is 568 g/mol. The van der Waals surface area contributed by atoms with Crippen molar-refractivity contribution >= 4 is 39.1 Å². The third kappa shape index (κ3) is 6.59. The van der Waals surface area contributed by atoms with Crippen LogP contribution < -0.4 is 20.3 Å². The molecule has 2 aromatic carbocycles. The number of halogens is 1. The predicted octanol–water partition coefficient (Wildman–Crippen LogP) is 3.99. The zero-order valence-corrected chi connectivity index (χ0v) is 23.1. The van der Waals surface area contributed by atoms with E-state index >= 15 is 0 Å². The number of carbonyl (C=O) groups excluding carboxylic acids is 1. The van der Waals surface area contributed by atoms with Gasteiger partial charge in [0.05, 0.1) is 31.5 Å². The number of thiophene rings is 1. The minimum Gasteiger partial charge on any atom is -0.493 e. The van der Waals surface area contributed by atoms with E-state index < -0.39 is 0 Å². The van der Waals surface area contributed by atoms with Gasteiger partial charge in [-0.25, -0.2) is 4.98 Å². The molecule has 1 fully saturated rings. The van der Waals surface area contributed by atoms with Crippen LogP contribution in [0.25, 0.3) is 26.3 Å². The lowest BCUT2D eigenvalue weighted by atomic mass is 10.2. The number of ether oxygens (including phenoxy) is 3. The van der Waals surface area contributed by atoms with Crippen molar-refractivity contribution in [1.29, 1.82) is 0 Å². The van der Waals surface area contributed by atoms with E-state index in [0.717, 1.165) is 49.7 Å². The van der Waals surface area contributed by atoms with E-state index in [0.29, 0.717) is 39.0 Å². The van der Waals surface area contributed by atoms with E-state index in [1.807, 2.05) is 30.3 Å². The molecular weight excluding hydrogens is 540 g/mol. The minimum atomic E-state index is -0.205. The first-order chi connectivity index (χ1) is 19.0. The van der Waals surface area contributed by atoms with Crippen molar-refractivity contribution in [3.8, 4) is 27.6 Å². The highest BCUT2D eigenvalue weighted by atomic mass is 35.5. The molecule has 1 aliphatic heterocycles. The van der Waals surface area contributed by atoms with E-state index in [-0.39, 0.29) is 18.1 Å². The Balaban J connectivity index is 1.23. The molecule has 3 heterocycles. The number of hydrogen-bond acceptors (Lipinski definition) is 8. The summed E-state index contributed by atoms with van der Waals surface area (Å²) in [4.78, 5) is 33.4. The molecule has 204 valence electrons. The van der Waals surface area contributed by atoms with Crippen molar-refractivity contribution in [1.82, 2.24) is 19.8 Å². The van der Waals surface area contributed by atoms with Crippen molar-refractivity contribution in [2.45, 2.75) is 6.42 Å². The maximum atomic E-state index is 13.3. The number of fused-ring (bicyclic) bond motifs is 1. The third-order valence-electron chi connectivity index (χ3n) is 6.43. The molecule has 0 aliphatic carbocycles. The summed E-state index contributed by atoms with van der Waals surface area (Å²) in [5.74, 6) is 0.615. The van der Waals surface area contributed by atoms with Crippen LogP contribution in [0.3, 0.4) is 0 Å². The second-order valence-electron chi connectivity index (χ2n) is 9.03. The van der Waals surface area contributed by atoms with Crippen LogP contribution >= 0.6 is 22.9 Å². The Hall–Kier alpha value is -3.44. The van der Waals surface area contributed by atoms with Gasteiger partial charge < -0.3 is 19.5 Å². The van der Waals surface area contributed by atoms with Crippen molar-refractivity contribution in [2.24, 2.45) is 0 Å². The zero-order valence-electron chi connectivity index (χ0n) is 21.5. The Morgan fingerprint density at radius 3 is 2.69 bits per heavy atom. The van der Waals surface area contributed by atoms with Gasteiger partial charge in [-0.1, -0.05) is 23.7 Å². The van der Waals surface area contributed by atoms with Crippen molar-refractivity contribution < 1.29 is 19.0 Å². The topological polar surface area (TPSA) is 94.9 Å². The first-order valence-corrected chi connectivity index (χ1v) is 13.9. The fourth-order valence-electron chi connectivity index (χ4n) is 4.33. The van der Waals surface area contributed by atoms with Crippen LogP contribution in [-0.4, -0.2) is 73.5 Å². The highest BCUT2D eigenvalue weighted by Crippen LogP contribution is 2.33.